The number of piperazine rings is 1. The molecule has 2 aliphatic rings. The van der Waals surface area contributed by atoms with E-state index in [0.717, 1.165) is 57.8 Å². The van der Waals surface area contributed by atoms with E-state index < -0.39 is 0 Å². The molecule has 0 aromatic heterocycles. The third kappa shape index (κ3) is 3.37. The lowest BCUT2D eigenvalue weighted by molar-refractivity contribution is 0.0206. The van der Waals surface area contributed by atoms with E-state index in [1.807, 2.05) is 12.1 Å². The zero-order chi connectivity index (χ0) is 15.4. The van der Waals surface area contributed by atoms with Crippen molar-refractivity contribution in [3.05, 3.63) is 23.8 Å². The quantitative estimate of drug-likeness (QED) is 0.888. The molecule has 1 atom stereocenters. The van der Waals surface area contributed by atoms with Gasteiger partial charge in [-0.15, -0.1) is 0 Å². The molecule has 1 aromatic rings. The fourth-order valence-electron chi connectivity index (χ4n) is 3.64. The van der Waals surface area contributed by atoms with E-state index in [-0.39, 0.29) is 6.04 Å². The zero-order valence-corrected chi connectivity index (χ0v) is 13.3. The molecule has 0 aliphatic carbocycles. The molecule has 2 heterocycles. The van der Waals surface area contributed by atoms with Gasteiger partial charge in [0.25, 0.3) is 0 Å². The smallest absolute Gasteiger partial charge is 0.124 e. The van der Waals surface area contributed by atoms with Gasteiger partial charge < -0.3 is 19.9 Å². The van der Waals surface area contributed by atoms with E-state index in [1.54, 1.807) is 13.2 Å². The number of phenols is 1. The van der Waals surface area contributed by atoms with Gasteiger partial charge in [0.05, 0.1) is 7.11 Å². The molecule has 0 saturated carbocycles. The van der Waals surface area contributed by atoms with E-state index in [9.17, 15) is 5.11 Å². The highest BCUT2D eigenvalue weighted by molar-refractivity contribution is 5.42. The molecule has 122 valence electrons. The fraction of sp³-hybridized carbons (Fsp3) is 0.647. The maximum Gasteiger partial charge on any atom is 0.124 e. The Morgan fingerprint density at radius 2 is 2.00 bits per heavy atom. The molecule has 1 aromatic carbocycles. The Bertz CT molecular complexity index is 465. The molecule has 2 N–H and O–H groups in total. The summed E-state index contributed by atoms with van der Waals surface area (Å²) in [6.07, 6.45) is 2.11. The topological polar surface area (TPSA) is 54.0 Å². The minimum atomic E-state index is 0.261. The van der Waals surface area contributed by atoms with E-state index in [4.69, 9.17) is 9.47 Å². The first-order chi connectivity index (χ1) is 10.8. The van der Waals surface area contributed by atoms with Crippen molar-refractivity contribution in [3.8, 4) is 11.5 Å². The summed E-state index contributed by atoms with van der Waals surface area (Å²) in [6.45, 7) is 5.71. The molecule has 0 spiro atoms. The van der Waals surface area contributed by atoms with E-state index in [0.29, 0.717) is 17.4 Å². The van der Waals surface area contributed by atoms with Gasteiger partial charge in [0.2, 0.25) is 0 Å². The first kappa shape index (κ1) is 15.6. The van der Waals surface area contributed by atoms with Crippen LogP contribution in [0.3, 0.4) is 0 Å². The second-order valence-electron chi connectivity index (χ2n) is 6.11. The first-order valence-electron chi connectivity index (χ1n) is 8.19. The van der Waals surface area contributed by atoms with Crippen molar-refractivity contribution in [2.75, 3.05) is 46.5 Å². The summed E-state index contributed by atoms with van der Waals surface area (Å²) in [5.41, 5.74) is 1.02. The summed E-state index contributed by atoms with van der Waals surface area (Å²) < 4.78 is 10.7. The molecule has 2 aliphatic heterocycles. The van der Waals surface area contributed by atoms with Crippen LogP contribution >= 0.6 is 0 Å². The lowest BCUT2D eigenvalue weighted by Crippen LogP contribution is -2.47. The van der Waals surface area contributed by atoms with Crippen LogP contribution in [0.1, 0.15) is 24.4 Å². The predicted octanol–water partition coefficient (Wildman–Crippen LogP) is 1.77. The van der Waals surface area contributed by atoms with Crippen molar-refractivity contribution >= 4 is 0 Å². The molecule has 2 fully saturated rings. The predicted molar refractivity (Wildman–Crippen MR) is 85.4 cm³/mol. The summed E-state index contributed by atoms with van der Waals surface area (Å²) in [5, 5.41) is 13.9. The Hall–Kier alpha value is -1.30. The van der Waals surface area contributed by atoms with Crippen LogP contribution in [0.15, 0.2) is 18.2 Å². The minimum Gasteiger partial charge on any atom is -0.507 e. The number of hydrogen-bond acceptors (Lipinski definition) is 5. The normalized spacial score (nSPS) is 22.4. The van der Waals surface area contributed by atoms with Gasteiger partial charge in [0.15, 0.2) is 0 Å². The molecule has 22 heavy (non-hydrogen) atoms. The van der Waals surface area contributed by atoms with Crippen LogP contribution in [-0.4, -0.2) is 56.5 Å². The molecule has 0 amide bonds. The number of methoxy groups -OCH3 is 1. The van der Waals surface area contributed by atoms with Gasteiger partial charge in [-0.05, 0) is 24.8 Å². The fourth-order valence-corrected chi connectivity index (χ4v) is 3.64. The lowest BCUT2D eigenvalue weighted by atomic mass is 9.85. The second-order valence-corrected chi connectivity index (χ2v) is 6.11. The maximum atomic E-state index is 10.5. The highest BCUT2D eigenvalue weighted by Crippen LogP contribution is 2.40. The van der Waals surface area contributed by atoms with Crippen LogP contribution in [0.25, 0.3) is 0 Å². The van der Waals surface area contributed by atoms with Crippen LogP contribution in [0.2, 0.25) is 0 Å². The molecule has 0 radical (unpaired) electrons. The SMILES string of the molecule is COc1ccc([C@@H](C2CCOCC2)N2CCNCC2)c(O)c1. The third-order valence-corrected chi connectivity index (χ3v) is 4.81. The van der Waals surface area contributed by atoms with Gasteiger partial charge in [-0.3, -0.25) is 4.90 Å². The number of aromatic hydroxyl groups is 1. The van der Waals surface area contributed by atoms with Crippen molar-refractivity contribution in [1.82, 2.24) is 10.2 Å². The Balaban J connectivity index is 1.89. The molecular formula is C17H26N2O3. The van der Waals surface area contributed by atoms with Crippen LogP contribution in [0, 0.1) is 5.92 Å². The van der Waals surface area contributed by atoms with E-state index in [2.05, 4.69) is 10.2 Å². The number of benzene rings is 1. The number of ether oxygens (including phenoxy) is 2. The number of nitrogens with one attached hydrogen (secondary N) is 1. The molecule has 0 unspecified atom stereocenters. The number of hydrogen-bond donors (Lipinski definition) is 2. The highest BCUT2D eigenvalue weighted by atomic mass is 16.5. The molecule has 0 bridgehead atoms. The van der Waals surface area contributed by atoms with Crippen molar-refractivity contribution in [1.29, 1.82) is 0 Å². The summed E-state index contributed by atoms with van der Waals surface area (Å²) >= 11 is 0. The highest BCUT2D eigenvalue weighted by Gasteiger charge is 2.32. The summed E-state index contributed by atoms with van der Waals surface area (Å²) in [6, 6.07) is 5.96. The summed E-state index contributed by atoms with van der Waals surface area (Å²) in [4.78, 5) is 2.51. The third-order valence-electron chi connectivity index (χ3n) is 4.81. The first-order valence-corrected chi connectivity index (χ1v) is 8.19. The standard InChI is InChI=1S/C17H26N2O3/c1-21-14-2-3-15(16(20)12-14)17(13-4-10-22-11-5-13)19-8-6-18-7-9-19/h2-3,12-13,17-18,20H,4-11H2,1H3/t17-/m1/s1. The van der Waals surface area contributed by atoms with Crippen molar-refractivity contribution in [3.63, 3.8) is 0 Å². The van der Waals surface area contributed by atoms with Gasteiger partial charge in [-0.1, -0.05) is 6.07 Å². The van der Waals surface area contributed by atoms with Crippen LogP contribution in [0.5, 0.6) is 11.5 Å². The van der Waals surface area contributed by atoms with Gasteiger partial charge in [0.1, 0.15) is 11.5 Å². The molecule has 5 heteroatoms. The molecule has 5 nitrogen and oxygen atoms in total. The average Bonchev–Trinajstić information content (AvgIpc) is 2.58. The Morgan fingerprint density at radius 3 is 2.64 bits per heavy atom. The second kappa shape index (κ2) is 7.31. The monoisotopic (exact) mass is 306 g/mol. The van der Waals surface area contributed by atoms with Gasteiger partial charge in [0, 0.05) is 57.1 Å². The van der Waals surface area contributed by atoms with Crippen LogP contribution in [-0.2, 0) is 4.74 Å². The van der Waals surface area contributed by atoms with Crippen LogP contribution in [0.4, 0.5) is 0 Å². The van der Waals surface area contributed by atoms with E-state index >= 15 is 0 Å². The Labute approximate surface area is 132 Å². The van der Waals surface area contributed by atoms with Gasteiger partial charge >= 0.3 is 0 Å². The number of phenolic OH excluding ortho intramolecular Hbond substituents is 1. The largest absolute Gasteiger partial charge is 0.507 e. The maximum absolute atomic E-state index is 10.5. The lowest BCUT2D eigenvalue weighted by Gasteiger charge is -2.41. The van der Waals surface area contributed by atoms with E-state index in [1.165, 1.54) is 0 Å². The van der Waals surface area contributed by atoms with Crippen molar-refractivity contribution in [2.24, 2.45) is 5.92 Å². The summed E-state index contributed by atoms with van der Waals surface area (Å²) in [7, 11) is 1.63. The van der Waals surface area contributed by atoms with Crippen molar-refractivity contribution < 1.29 is 14.6 Å². The van der Waals surface area contributed by atoms with Gasteiger partial charge in [-0.25, -0.2) is 0 Å². The van der Waals surface area contributed by atoms with Crippen LogP contribution < -0.4 is 10.1 Å². The number of nitrogens with zero attached hydrogens (tertiary/aromatic N) is 1. The minimum absolute atomic E-state index is 0.261. The van der Waals surface area contributed by atoms with Crippen molar-refractivity contribution in [2.45, 2.75) is 18.9 Å². The zero-order valence-electron chi connectivity index (χ0n) is 13.3. The summed E-state index contributed by atoms with van der Waals surface area (Å²) in [5.74, 6) is 1.58. The Kier molecular flexibility index (Phi) is 5.18. The molecular weight excluding hydrogens is 280 g/mol. The molecule has 2 saturated heterocycles. The molecule has 3 rings (SSSR count). The van der Waals surface area contributed by atoms with Gasteiger partial charge in [-0.2, -0.15) is 0 Å². The Morgan fingerprint density at radius 1 is 1.27 bits per heavy atom. The number of rotatable bonds is 4. The average molecular weight is 306 g/mol.